The van der Waals surface area contributed by atoms with Gasteiger partial charge < -0.3 is 4.90 Å². The Morgan fingerprint density at radius 1 is 1.30 bits per heavy atom. The summed E-state index contributed by atoms with van der Waals surface area (Å²) in [5.74, 6) is 1.57. The number of nitriles is 1. The largest absolute Gasteiger partial charge is 0.355 e. The fourth-order valence-electron chi connectivity index (χ4n) is 3.71. The van der Waals surface area contributed by atoms with E-state index in [1.165, 1.54) is 0 Å². The molecule has 1 atom stereocenters. The molecule has 0 saturated carbocycles. The number of piperidine rings is 1. The molecule has 0 radical (unpaired) electrons. The van der Waals surface area contributed by atoms with Crippen molar-refractivity contribution in [3.05, 3.63) is 17.8 Å². The van der Waals surface area contributed by atoms with E-state index >= 15 is 0 Å². The van der Waals surface area contributed by atoms with Crippen LogP contribution in [0.2, 0.25) is 0 Å². The van der Waals surface area contributed by atoms with Crippen LogP contribution in [0, 0.1) is 28.1 Å². The van der Waals surface area contributed by atoms with Crippen molar-refractivity contribution in [1.82, 2.24) is 10.2 Å². The molecule has 2 rings (SSSR count). The highest BCUT2D eigenvalue weighted by Gasteiger charge is 2.42. The summed E-state index contributed by atoms with van der Waals surface area (Å²) in [6, 6.07) is 5.65. The summed E-state index contributed by atoms with van der Waals surface area (Å²) in [5.41, 5.74) is 0.940. The van der Waals surface area contributed by atoms with Gasteiger partial charge in [-0.1, -0.05) is 34.6 Å². The van der Waals surface area contributed by atoms with Crippen LogP contribution >= 0.6 is 0 Å². The third-order valence-electron chi connectivity index (χ3n) is 4.36. The first-order valence-electron chi connectivity index (χ1n) is 7.23. The van der Waals surface area contributed by atoms with Gasteiger partial charge in [-0.3, -0.25) is 0 Å². The van der Waals surface area contributed by atoms with E-state index in [2.05, 4.69) is 49.7 Å². The van der Waals surface area contributed by atoms with Crippen molar-refractivity contribution >= 4 is 5.82 Å². The molecule has 20 heavy (non-hydrogen) atoms. The predicted octanol–water partition coefficient (Wildman–Crippen LogP) is 3.25. The van der Waals surface area contributed by atoms with Gasteiger partial charge in [0.1, 0.15) is 6.07 Å². The summed E-state index contributed by atoms with van der Waals surface area (Å²) in [5, 5.41) is 16.9. The minimum absolute atomic E-state index is 0.242. The van der Waals surface area contributed by atoms with Crippen LogP contribution in [0.4, 0.5) is 5.82 Å². The van der Waals surface area contributed by atoms with Gasteiger partial charge in [-0.15, -0.1) is 10.2 Å². The van der Waals surface area contributed by atoms with Crippen LogP contribution in [0.5, 0.6) is 0 Å². The lowest BCUT2D eigenvalue weighted by Gasteiger charge is -2.50. The summed E-state index contributed by atoms with van der Waals surface area (Å²) in [7, 11) is 0. The molecule has 0 N–H and O–H groups in total. The number of rotatable bonds is 1. The zero-order valence-corrected chi connectivity index (χ0v) is 13.1. The number of anilines is 1. The number of hydrogen-bond acceptors (Lipinski definition) is 4. The second-order valence-electron chi connectivity index (χ2n) is 7.51. The summed E-state index contributed by atoms with van der Waals surface area (Å²) in [4.78, 5) is 2.29. The second-order valence-corrected chi connectivity index (χ2v) is 7.51. The molecule has 1 aliphatic rings. The average molecular weight is 272 g/mol. The Labute approximate surface area is 121 Å². The van der Waals surface area contributed by atoms with Gasteiger partial charge in [0.25, 0.3) is 0 Å². The molecule has 1 aromatic rings. The maximum Gasteiger partial charge on any atom is 0.163 e. The van der Waals surface area contributed by atoms with E-state index in [4.69, 9.17) is 5.26 Å². The van der Waals surface area contributed by atoms with E-state index in [-0.39, 0.29) is 5.41 Å². The molecule has 0 aliphatic carbocycles. The molecular weight excluding hydrogens is 248 g/mol. The van der Waals surface area contributed by atoms with Crippen molar-refractivity contribution < 1.29 is 0 Å². The Balaban J connectivity index is 2.16. The average Bonchev–Trinajstić information content (AvgIpc) is 2.36. The van der Waals surface area contributed by atoms with Crippen LogP contribution in [0.25, 0.3) is 0 Å². The third kappa shape index (κ3) is 2.92. The lowest BCUT2D eigenvalue weighted by Crippen LogP contribution is -2.50. The molecule has 1 fully saturated rings. The van der Waals surface area contributed by atoms with Crippen LogP contribution in [-0.2, 0) is 0 Å². The lowest BCUT2D eigenvalue weighted by molar-refractivity contribution is 0.0650. The predicted molar refractivity (Wildman–Crippen MR) is 80.3 cm³/mol. The number of nitrogens with zero attached hydrogens (tertiary/aromatic N) is 4. The molecule has 1 aromatic heterocycles. The first-order chi connectivity index (χ1) is 9.24. The minimum atomic E-state index is 0.242. The van der Waals surface area contributed by atoms with Gasteiger partial charge in [-0.25, -0.2) is 0 Å². The van der Waals surface area contributed by atoms with Gasteiger partial charge in [-0.2, -0.15) is 5.26 Å². The molecule has 2 heterocycles. The molecular formula is C16H24N4. The van der Waals surface area contributed by atoms with Crippen molar-refractivity contribution in [2.24, 2.45) is 16.7 Å². The Morgan fingerprint density at radius 3 is 2.45 bits per heavy atom. The quantitative estimate of drug-likeness (QED) is 0.787. The van der Waals surface area contributed by atoms with E-state index in [0.29, 0.717) is 17.0 Å². The Morgan fingerprint density at radius 2 is 2.00 bits per heavy atom. The number of hydrogen-bond donors (Lipinski definition) is 0. The van der Waals surface area contributed by atoms with E-state index in [1.807, 2.05) is 12.1 Å². The highest BCUT2D eigenvalue weighted by Crippen LogP contribution is 2.45. The van der Waals surface area contributed by atoms with Gasteiger partial charge in [0.05, 0.1) is 0 Å². The third-order valence-corrected chi connectivity index (χ3v) is 4.36. The monoisotopic (exact) mass is 272 g/mol. The zero-order valence-electron chi connectivity index (χ0n) is 13.1. The van der Waals surface area contributed by atoms with Crippen molar-refractivity contribution in [2.75, 3.05) is 18.0 Å². The van der Waals surface area contributed by atoms with E-state index in [0.717, 1.165) is 25.3 Å². The van der Waals surface area contributed by atoms with Crippen molar-refractivity contribution in [3.8, 4) is 6.07 Å². The Kier molecular flexibility index (Phi) is 3.73. The Bertz CT molecular complexity index is 505. The van der Waals surface area contributed by atoms with Gasteiger partial charge in [-0.05, 0) is 35.3 Å². The summed E-state index contributed by atoms with van der Waals surface area (Å²) in [6.07, 6.45) is 1.16. The van der Waals surface area contributed by atoms with Crippen molar-refractivity contribution in [3.63, 3.8) is 0 Å². The molecule has 1 unspecified atom stereocenters. The van der Waals surface area contributed by atoms with Crippen LogP contribution < -0.4 is 4.90 Å². The van der Waals surface area contributed by atoms with Crippen molar-refractivity contribution in [1.29, 1.82) is 5.26 Å². The second kappa shape index (κ2) is 5.05. The molecule has 0 spiro atoms. The zero-order chi connectivity index (χ0) is 15.0. The summed E-state index contributed by atoms with van der Waals surface area (Å²) < 4.78 is 0. The van der Waals surface area contributed by atoms with E-state index < -0.39 is 0 Å². The Hall–Kier alpha value is -1.63. The molecule has 1 saturated heterocycles. The molecule has 108 valence electrons. The van der Waals surface area contributed by atoms with Crippen molar-refractivity contribution in [2.45, 2.75) is 41.0 Å². The molecule has 0 bridgehead atoms. The maximum atomic E-state index is 8.78. The molecule has 4 heteroatoms. The molecule has 0 amide bonds. The first-order valence-corrected chi connectivity index (χ1v) is 7.23. The SMILES string of the molecule is CC(C)(C)C1CCN(c2ccc(C#N)nn2)CC1(C)C. The lowest BCUT2D eigenvalue weighted by atomic mass is 9.62. The highest BCUT2D eigenvalue weighted by atomic mass is 15.3. The van der Waals surface area contributed by atoms with Gasteiger partial charge in [0.2, 0.25) is 0 Å². The normalized spacial score (nSPS) is 22.4. The maximum absolute atomic E-state index is 8.78. The molecule has 4 nitrogen and oxygen atoms in total. The highest BCUT2D eigenvalue weighted by molar-refractivity contribution is 5.40. The van der Waals surface area contributed by atoms with Gasteiger partial charge in [0, 0.05) is 13.1 Å². The topological polar surface area (TPSA) is 52.8 Å². The standard InChI is InChI=1S/C16H24N4/c1-15(2,3)13-8-9-20(11-16(13,4)5)14-7-6-12(10-17)18-19-14/h6-7,13H,8-9,11H2,1-5H3. The van der Waals surface area contributed by atoms with Crippen LogP contribution in [-0.4, -0.2) is 23.3 Å². The van der Waals surface area contributed by atoms with Gasteiger partial charge in [0.15, 0.2) is 11.5 Å². The minimum Gasteiger partial charge on any atom is -0.355 e. The van der Waals surface area contributed by atoms with E-state index in [9.17, 15) is 0 Å². The molecule has 0 aromatic carbocycles. The van der Waals surface area contributed by atoms with Crippen LogP contribution in [0.3, 0.4) is 0 Å². The number of aromatic nitrogens is 2. The smallest absolute Gasteiger partial charge is 0.163 e. The summed E-state index contributed by atoms with van der Waals surface area (Å²) >= 11 is 0. The van der Waals surface area contributed by atoms with Crippen LogP contribution in [0.1, 0.15) is 46.7 Å². The fourth-order valence-corrected chi connectivity index (χ4v) is 3.71. The first kappa shape index (κ1) is 14.8. The van der Waals surface area contributed by atoms with Gasteiger partial charge >= 0.3 is 0 Å². The fraction of sp³-hybridized carbons (Fsp3) is 0.688. The molecule has 1 aliphatic heterocycles. The van der Waals surface area contributed by atoms with E-state index in [1.54, 1.807) is 6.07 Å². The van der Waals surface area contributed by atoms with Crippen LogP contribution in [0.15, 0.2) is 12.1 Å². The summed E-state index contributed by atoms with van der Waals surface area (Å²) in [6.45, 7) is 13.7.